The molecule has 7 nitrogen and oxygen atoms in total. The Morgan fingerprint density at radius 1 is 1.11 bits per heavy atom. The molecule has 0 N–H and O–H groups in total. The molecule has 1 rings (SSSR count). The SMILES string of the molecule is CCCN(CCBr)P(=O)(OCc1ccc(C)s1)N(CCBr)CCBr.C[N+](=O)[O-]. The predicted molar refractivity (Wildman–Crippen MR) is 129 cm³/mol. The van der Waals surface area contributed by atoms with Crippen LogP contribution < -0.4 is 0 Å². The first-order valence-electron chi connectivity index (χ1n) is 8.81. The molecular weight excluding hydrogens is 601 g/mol. The van der Waals surface area contributed by atoms with Crippen LogP contribution in [0.25, 0.3) is 0 Å². The summed E-state index contributed by atoms with van der Waals surface area (Å²) in [5.74, 6) is 0. The lowest BCUT2D eigenvalue weighted by molar-refractivity contribution is -0.445. The van der Waals surface area contributed by atoms with Crippen LogP contribution in [0.1, 0.15) is 23.1 Å². The second-order valence-corrected chi connectivity index (χ2v) is 11.8. The predicted octanol–water partition coefficient (Wildman–Crippen LogP) is 5.77. The average Bonchev–Trinajstić information content (AvgIpc) is 3.04. The lowest BCUT2D eigenvalue weighted by atomic mass is 10.4. The maximum atomic E-state index is 13.9. The van der Waals surface area contributed by atoms with Crippen LogP contribution in [-0.2, 0) is 15.7 Å². The van der Waals surface area contributed by atoms with Crippen molar-refractivity contribution in [3.05, 3.63) is 32.0 Å². The molecule has 0 fully saturated rings. The van der Waals surface area contributed by atoms with E-state index in [9.17, 15) is 4.57 Å². The second-order valence-electron chi connectivity index (χ2n) is 5.69. The summed E-state index contributed by atoms with van der Waals surface area (Å²) >= 11 is 12.1. The molecule has 12 heteroatoms. The van der Waals surface area contributed by atoms with Gasteiger partial charge in [-0.2, -0.15) is 0 Å². The molecule has 0 saturated heterocycles. The van der Waals surface area contributed by atoms with Crippen molar-refractivity contribution >= 4 is 66.8 Å². The van der Waals surface area contributed by atoms with E-state index >= 15 is 0 Å². The van der Waals surface area contributed by atoms with E-state index in [0.29, 0.717) is 26.2 Å². The molecule has 0 aliphatic rings. The number of thiophene rings is 1. The molecular formula is C16H29Br3N3O4PS. The first kappa shape index (κ1) is 28.6. The van der Waals surface area contributed by atoms with Gasteiger partial charge < -0.3 is 4.52 Å². The summed E-state index contributed by atoms with van der Waals surface area (Å²) in [6.45, 7) is 7.41. The Bertz CT molecular complexity index is 573. The maximum Gasteiger partial charge on any atom is 0.346 e. The van der Waals surface area contributed by atoms with Crippen LogP contribution >= 0.6 is 66.8 Å². The number of nitro groups is 1. The van der Waals surface area contributed by atoms with Gasteiger partial charge >= 0.3 is 7.67 Å². The van der Waals surface area contributed by atoms with Gasteiger partial charge in [0.2, 0.25) is 0 Å². The van der Waals surface area contributed by atoms with Gasteiger partial charge in [0.05, 0.1) is 6.61 Å². The van der Waals surface area contributed by atoms with Crippen molar-refractivity contribution in [1.82, 2.24) is 9.34 Å². The Balaban J connectivity index is 0.00000165. The van der Waals surface area contributed by atoms with Crippen molar-refractivity contribution < 1.29 is 14.0 Å². The number of hydrogen-bond donors (Lipinski definition) is 0. The Morgan fingerprint density at radius 3 is 1.93 bits per heavy atom. The third-order valence-electron chi connectivity index (χ3n) is 3.40. The van der Waals surface area contributed by atoms with Crippen LogP contribution in [-0.4, -0.2) is 63.5 Å². The fourth-order valence-corrected chi connectivity index (χ4v) is 7.83. The van der Waals surface area contributed by atoms with Crippen molar-refractivity contribution in [2.45, 2.75) is 26.9 Å². The zero-order valence-corrected chi connectivity index (χ0v) is 23.0. The molecule has 0 spiro atoms. The molecule has 1 atom stereocenters. The highest BCUT2D eigenvalue weighted by atomic mass is 79.9. The van der Waals surface area contributed by atoms with E-state index in [2.05, 4.69) is 73.8 Å². The van der Waals surface area contributed by atoms with Gasteiger partial charge in [-0.05, 0) is 25.5 Å². The maximum absolute atomic E-state index is 13.9. The van der Waals surface area contributed by atoms with Crippen molar-refractivity contribution in [3.63, 3.8) is 0 Å². The standard InChI is InChI=1S/C15H26Br3N2O2PS.CH3NO2/c1-3-9-19(10-6-16)23(21,20(11-7-17)12-8-18)22-13-15-5-4-14(2)24-15;1-2(3)4/h4-5H,3,6-13H2,1-2H3;1H3. The van der Waals surface area contributed by atoms with E-state index in [4.69, 9.17) is 14.6 Å². The average molecular weight is 630 g/mol. The summed E-state index contributed by atoms with van der Waals surface area (Å²) in [6, 6.07) is 4.13. The van der Waals surface area contributed by atoms with Gasteiger partial charge in [-0.1, -0.05) is 54.7 Å². The third kappa shape index (κ3) is 11.2. The monoisotopic (exact) mass is 627 g/mol. The summed E-state index contributed by atoms with van der Waals surface area (Å²) in [5.41, 5.74) is 0. The highest BCUT2D eigenvalue weighted by Gasteiger charge is 2.37. The lowest BCUT2D eigenvalue weighted by Crippen LogP contribution is -2.36. The molecule has 1 aromatic rings. The number of aryl methyl sites for hydroxylation is 1. The van der Waals surface area contributed by atoms with Gasteiger partial charge in [-0.25, -0.2) is 9.34 Å². The summed E-state index contributed by atoms with van der Waals surface area (Å²) in [5, 5.41) is 11.1. The summed E-state index contributed by atoms with van der Waals surface area (Å²) in [4.78, 5) is 10.7. The number of nitrogens with zero attached hydrogens (tertiary/aromatic N) is 3. The van der Waals surface area contributed by atoms with Crippen molar-refractivity contribution in [2.75, 3.05) is 49.2 Å². The fourth-order valence-electron chi connectivity index (χ4n) is 2.33. The first-order chi connectivity index (χ1) is 13.2. The Hall–Kier alpha value is 0.650. The quantitative estimate of drug-likeness (QED) is 0.119. The minimum Gasteiger partial charge on any atom is -0.300 e. The molecule has 0 aliphatic heterocycles. The fraction of sp³-hybridized carbons (Fsp3) is 0.750. The lowest BCUT2D eigenvalue weighted by Gasteiger charge is -2.37. The second kappa shape index (κ2) is 16.4. The number of hydrogen-bond acceptors (Lipinski definition) is 5. The van der Waals surface area contributed by atoms with E-state index in [1.165, 1.54) is 4.88 Å². The third-order valence-corrected chi connectivity index (χ3v) is 8.13. The molecule has 28 heavy (non-hydrogen) atoms. The van der Waals surface area contributed by atoms with Crippen molar-refractivity contribution in [3.8, 4) is 0 Å². The molecule has 0 aromatic carbocycles. The van der Waals surface area contributed by atoms with Crippen LogP contribution in [0.4, 0.5) is 0 Å². The zero-order chi connectivity index (χ0) is 21.6. The van der Waals surface area contributed by atoms with Gasteiger partial charge in [-0.15, -0.1) is 11.3 Å². The van der Waals surface area contributed by atoms with Gasteiger partial charge in [0, 0.05) is 56.8 Å². The van der Waals surface area contributed by atoms with Crippen molar-refractivity contribution in [1.29, 1.82) is 0 Å². The molecule has 0 aliphatic carbocycles. The summed E-state index contributed by atoms with van der Waals surface area (Å²) in [7, 11) is -2.19. The van der Waals surface area contributed by atoms with E-state index in [1.807, 2.05) is 9.34 Å². The van der Waals surface area contributed by atoms with E-state index in [-0.39, 0.29) is 0 Å². The molecule has 1 heterocycles. The molecule has 1 aromatic heterocycles. The molecule has 0 bridgehead atoms. The first-order valence-corrected chi connectivity index (χ1v) is 14.5. The van der Waals surface area contributed by atoms with E-state index < -0.39 is 12.6 Å². The number of alkyl halides is 3. The normalized spacial score (nSPS) is 13.3. The van der Waals surface area contributed by atoms with E-state index in [1.54, 1.807) is 11.3 Å². The molecule has 164 valence electrons. The van der Waals surface area contributed by atoms with E-state index in [0.717, 1.165) is 40.9 Å². The molecule has 0 amide bonds. The highest BCUT2D eigenvalue weighted by molar-refractivity contribution is 9.09. The molecule has 0 saturated carbocycles. The minimum absolute atomic E-state index is 0.388. The van der Waals surface area contributed by atoms with Crippen LogP contribution in [0, 0.1) is 17.0 Å². The van der Waals surface area contributed by atoms with Gasteiger partial charge in [0.1, 0.15) is 0 Å². The highest BCUT2D eigenvalue weighted by Crippen LogP contribution is 2.55. The number of rotatable bonds is 13. The molecule has 1 unspecified atom stereocenters. The van der Waals surface area contributed by atoms with Gasteiger partial charge in [0.25, 0.3) is 0 Å². The molecule has 0 radical (unpaired) electrons. The van der Waals surface area contributed by atoms with Crippen LogP contribution in [0.5, 0.6) is 0 Å². The Morgan fingerprint density at radius 2 is 1.57 bits per heavy atom. The largest absolute Gasteiger partial charge is 0.346 e. The minimum atomic E-state index is -3.08. The summed E-state index contributed by atoms with van der Waals surface area (Å²) in [6.07, 6.45) is 0.939. The Labute approximate surface area is 197 Å². The van der Waals surface area contributed by atoms with Crippen LogP contribution in [0.3, 0.4) is 0 Å². The topological polar surface area (TPSA) is 75.9 Å². The van der Waals surface area contributed by atoms with Gasteiger partial charge in [0.15, 0.2) is 7.05 Å². The number of halogens is 3. The smallest absolute Gasteiger partial charge is 0.300 e. The Kier molecular flexibility index (Phi) is 16.7. The summed E-state index contributed by atoms with van der Waals surface area (Å²) < 4.78 is 24.0. The zero-order valence-electron chi connectivity index (χ0n) is 16.5. The van der Waals surface area contributed by atoms with Crippen LogP contribution in [0.15, 0.2) is 12.1 Å². The van der Waals surface area contributed by atoms with Crippen molar-refractivity contribution in [2.24, 2.45) is 0 Å². The van der Waals surface area contributed by atoms with Gasteiger partial charge in [-0.3, -0.25) is 14.7 Å². The van der Waals surface area contributed by atoms with Crippen LogP contribution in [0.2, 0.25) is 0 Å².